The van der Waals surface area contributed by atoms with Crippen molar-refractivity contribution in [1.29, 1.82) is 0 Å². The summed E-state index contributed by atoms with van der Waals surface area (Å²) in [4.78, 5) is 19.4. The number of nitrogens with one attached hydrogen (secondary N) is 1. The summed E-state index contributed by atoms with van der Waals surface area (Å²) in [6, 6.07) is 1.55. The molecule has 0 radical (unpaired) electrons. The first kappa shape index (κ1) is 12.9. The van der Waals surface area contributed by atoms with E-state index in [9.17, 15) is 4.79 Å². The Kier molecular flexibility index (Phi) is 5.14. The third-order valence-electron chi connectivity index (χ3n) is 2.15. The van der Waals surface area contributed by atoms with Crippen molar-refractivity contribution < 1.29 is 4.79 Å². The molecule has 1 amide bonds. The first-order valence-electron chi connectivity index (χ1n) is 5.13. The van der Waals surface area contributed by atoms with Gasteiger partial charge in [-0.25, -0.2) is 9.97 Å². The SMILES string of the molecule is CC(CCCN)C(=O)Nc1nccc(Cl)n1. The fourth-order valence-electron chi connectivity index (χ4n) is 1.19. The van der Waals surface area contributed by atoms with E-state index in [0.717, 1.165) is 12.8 Å². The van der Waals surface area contributed by atoms with Crippen LogP contribution in [0, 0.1) is 5.92 Å². The third kappa shape index (κ3) is 4.12. The minimum atomic E-state index is -0.115. The monoisotopic (exact) mass is 242 g/mol. The quantitative estimate of drug-likeness (QED) is 0.766. The van der Waals surface area contributed by atoms with Crippen LogP contribution in [0.4, 0.5) is 5.95 Å². The largest absolute Gasteiger partial charge is 0.330 e. The Labute approximate surface area is 99.4 Å². The number of halogens is 1. The summed E-state index contributed by atoms with van der Waals surface area (Å²) in [6.45, 7) is 2.43. The van der Waals surface area contributed by atoms with Gasteiger partial charge in [-0.05, 0) is 25.5 Å². The van der Waals surface area contributed by atoms with Crippen molar-refractivity contribution in [1.82, 2.24) is 9.97 Å². The average Bonchev–Trinajstić information content (AvgIpc) is 2.25. The number of amides is 1. The first-order chi connectivity index (χ1) is 7.63. The second-order valence-corrected chi connectivity index (χ2v) is 3.91. The molecule has 1 atom stereocenters. The summed E-state index contributed by atoms with van der Waals surface area (Å²) in [5, 5.41) is 2.91. The maximum absolute atomic E-state index is 11.7. The van der Waals surface area contributed by atoms with Crippen molar-refractivity contribution in [3.05, 3.63) is 17.4 Å². The van der Waals surface area contributed by atoms with Crippen molar-refractivity contribution in [3.8, 4) is 0 Å². The van der Waals surface area contributed by atoms with Crippen LogP contribution >= 0.6 is 11.6 Å². The second kappa shape index (κ2) is 6.40. The molecule has 0 aliphatic carbocycles. The van der Waals surface area contributed by atoms with E-state index in [-0.39, 0.29) is 17.8 Å². The predicted octanol–water partition coefficient (Wildman–Crippen LogP) is 1.44. The van der Waals surface area contributed by atoms with Crippen LogP contribution < -0.4 is 11.1 Å². The Bertz CT molecular complexity index is 358. The number of aromatic nitrogens is 2. The number of hydrogen-bond acceptors (Lipinski definition) is 4. The molecule has 1 rings (SSSR count). The standard InChI is InChI=1S/C10H15ClN4O/c1-7(3-2-5-12)9(16)15-10-13-6-4-8(11)14-10/h4,6-7H,2-3,5,12H2,1H3,(H,13,14,15,16). The van der Waals surface area contributed by atoms with E-state index in [1.54, 1.807) is 6.07 Å². The van der Waals surface area contributed by atoms with Crippen LogP contribution in [0.5, 0.6) is 0 Å². The summed E-state index contributed by atoms with van der Waals surface area (Å²) in [7, 11) is 0. The molecular weight excluding hydrogens is 228 g/mol. The third-order valence-corrected chi connectivity index (χ3v) is 2.36. The molecule has 0 saturated carbocycles. The van der Waals surface area contributed by atoms with Gasteiger partial charge in [0.2, 0.25) is 11.9 Å². The lowest BCUT2D eigenvalue weighted by molar-refractivity contribution is -0.119. The van der Waals surface area contributed by atoms with Gasteiger partial charge in [-0.3, -0.25) is 10.1 Å². The fraction of sp³-hybridized carbons (Fsp3) is 0.500. The molecule has 0 bridgehead atoms. The van der Waals surface area contributed by atoms with Crippen LogP contribution in [0.15, 0.2) is 12.3 Å². The molecular formula is C10H15ClN4O. The van der Waals surface area contributed by atoms with E-state index in [1.807, 2.05) is 6.92 Å². The molecule has 88 valence electrons. The lowest BCUT2D eigenvalue weighted by Gasteiger charge is -2.10. The van der Waals surface area contributed by atoms with Crippen LogP contribution in [0.2, 0.25) is 5.15 Å². The van der Waals surface area contributed by atoms with Crippen molar-refractivity contribution in [2.75, 3.05) is 11.9 Å². The van der Waals surface area contributed by atoms with Crippen LogP contribution in [0.25, 0.3) is 0 Å². The second-order valence-electron chi connectivity index (χ2n) is 3.52. The smallest absolute Gasteiger partial charge is 0.230 e. The lowest BCUT2D eigenvalue weighted by atomic mass is 10.1. The number of anilines is 1. The Morgan fingerprint density at radius 2 is 2.44 bits per heavy atom. The van der Waals surface area contributed by atoms with Crippen LogP contribution in [0.3, 0.4) is 0 Å². The Morgan fingerprint density at radius 1 is 1.69 bits per heavy atom. The summed E-state index contributed by atoms with van der Waals surface area (Å²) in [5.74, 6) is 0.0129. The number of carbonyl (C=O) groups excluding carboxylic acids is 1. The van der Waals surface area contributed by atoms with Gasteiger partial charge >= 0.3 is 0 Å². The number of nitrogens with two attached hydrogens (primary N) is 1. The van der Waals surface area contributed by atoms with Crippen LogP contribution in [-0.2, 0) is 4.79 Å². The van der Waals surface area contributed by atoms with Gasteiger partial charge in [0.25, 0.3) is 0 Å². The highest BCUT2D eigenvalue weighted by Gasteiger charge is 2.13. The molecule has 0 fully saturated rings. The van der Waals surface area contributed by atoms with Gasteiger partial charge in [0.1, 0.15) is 5.15 Å². The Morgan fingerprint density at radius 3 is 3.06 bits per heavy atom. The molecule has 5 nitrogen and oxygen atoms in total. The Hall–Kier alpha value is -1.20. The zero-order valence-corrected chi connectivity index (χ0v) is 9.87. The molecule has 0 aromatic carbocycles. The van der Waals surface area contributed by atoms with E-state index in [2.05, 4.69) is 15.3 Å². The molecule has 1 aromatic heterocycles. The van der Waals surface area contributed by atoms with E-state index < -0.39 is 0 Å². The molecule has 0 aliphatic rings. The topological polar surface area (TPSA) is 80.9 Å². The summed E-state index contributed by atoms with van der Waals surface area (Å²) >= 11 is 5.67. The van der Waals surface area contributed by atoms with E-state index in [1.165, 1.54) is 6.20 Å². The number of hydrogen-bond donors (Lipinski definition) is 2. The zero-order chi connectivity index (χ0) is 12.0. The van der Waals surface area contributed by atoms with Gasteiger partial charge in [0, 0.05) is 12.1 Å². The molecule has 0 spiro atoms. The highest BCUT2D eigenvalue weighted by molar-refractivity contribution is 6.29. The maximum atomic E-state index is 11.7. The first-order valence-corrected chi connectivity index (χ1v) is 5.50. The van der Waals surface area contributed by atoms with Crippen molar-refractivity contribution >= 4 is 23.5 Å². The molecule has 1 heterocycles. The van der Waals surface area contributed by atoms with E-state index in [0.29, 0.717) is 11.7 Å². The summed E-state index contributed by atoms with van der Waals surface area (Å²) in [6.07, 6.45) is 3.07. The molecule has 1 unspecified atom stereocenters. The molecule has 1 aromatic rings. The molecule has 3 N–H and O–H groups in total. The predicted molar refractivity (Wildman–Crippen MR) is 63.1 cm³/mol. The van der Waals surface area contributed by atoms with Crippen LogP contribution in [0.1, 0.15) is 19.8 Å². The molecule has 0 aliphatic heterocycles. The summed E-state index contributed by atoms with van der Waals surface area (Å²) < 4.78 is 0. The van der Waals surface area contributed by atoms with Gasteiger partial charge < -0.3 is 5.73 Å². The van der Waals surface area contributed by atoms with Crippen molar-refractivity contribution in [2.45, 2.75) is 19.8 Å². The minimum Gasteiger partial charge on any atom is -0.330 e. The van der Waals surface area contributed by atoms with Gasteiger partial charge in [-0.2, -0.15) is 0 Å². The minimum absolute atomic E-state index is 0.105. The fourth-order valence-corrected chi connectivity index (χ4v) is 1.32. The average molecular weight is 243 g/mol. The van der Waals surface area contributed by atoms with Crippen LogP contribution in [-0.4, -0.2) is 22.4 Å². The van der Waals surface area contributed by atoms with Crippen molar-refractivity contribution in [3.63, 3.8) is 0 Å². The van der Waals surface area contributed by atoms with E-state index >= 15 is 0 Å². The number of rotatable bonds is 5. The van der Waals surface area contributed by atoms with Crippen molar-refractivity contribution in [2.24, 2.45) is 11.7 Å². The highest BCUT2D eigenvalue weighted by Crippen LogP contribution is 2.10. The van der Waals surface area contributed by atoms with E-state index in [4.69, 9.17) is 17.3 Å². The lowest BCUT2D eigenvalue weighted by Crippen LogP contribution is -2.22. The van der Waals surface area contributed by atoms with Gasteiger partial charge in [-0.1, -0.05) is 18.5 Å². The van der Waals surface area contributed by atoms with Gasteiger partial charge in [0.15, 0.2) is 0 Å². The molecule has 0 saturated heterocycles. The number of carbonyl (C=O) groups is 1. The van der Waals surface area contributed by atoms with Gasteiger partial charge in [0.05, 0.1) is 0 Å². The number of nitrogens with zero attached hydrogens (tertiary/aromatic N) is 2. The normalized spacial score (nSPS) is 12.2. The molecule has 6 heteroatoms. The maximum Gasteiger partial charge on any atom is 0.230 e. The highest BCUT2D eigenvalue weighted by atomic mass is 35.5. The Balaban J connectivity index is 2.50. The zero-order valence-electron chi connectivity index (χ0n) is 9.11. The molecule has 16 heavy (non-hydrogen) atoms. The summed E-state index contributed by atoms with van der Waals surface area (Å²) in [5.41, 5.74) is 5.38. The van der Waals surface area contributed by atoms with Gasteiger partial charge in [-0.15, -0.1) is 0 Å².